The number of fused-ring (bicyclic) bond motifs is 1. The molecule has 1 aromatic heterocycles. The van der Waals surface area contributed by atoms with Gasteiger partial charge in [0, 0.05) is 55.9 Å². The summed E-state index contributed by atoms with van der Waals surface area (Å²) in [7, 11) is -1.69. The zero-order valence-corrected chi connectivity index (χ0v) is 18.3. The van der Waals surface area contributed by atoms with Crippen molar-refractivity contribution in [2.75, 3.05) is 38.0 Å². The van der Waals surface area contributed by atoms with Crippen LogP contribution in [0.3, 0.4) is 0 Å². The van der Waals surface area contributed by atoms with Gasteiger partial charge in [0.15, 0.2) is 5.78 Å². The summed E-state index contributed by atoms with van der Waals surface area (Å²) in [6, 6.07) is 6.67. The topological polar surface area (TPSA) is 91.7 Å². The van der Waals surface area contributed by atoms with Crippen LogP contribution < -0.4 is 5.32 Å². The van der Waals surface area contributed by atoms with Crippen LogP contribution in [0.2, 0.25) is 0 Å². The maximum absolute atomic E-state index is 13.0. The first kappa shape index (κ1) is 20.8. The molecule has 0 bridgehead atoms. The van der Waals surface area contributed by atoms with E-state index in [0.29, 0.717) is 37.4 Å². The van der Waals surface area contributed by atoms with E-state index in [1.54, 1.807) is 12.1 Å². The van der Waals surface area contributed by atoms with Crippen molar-refractivity contribution in [3.63, 3.8) is 0 Å². The van der Waals surface area contributed by atoms with E-state index in [0.717, 1.165) is 17.0 Å². The predicted molar refractivity (Wildman–Crippen MR) is 113 cm³/mol. The summed E-state index contributed by atoms with van der Waals surface area (Å²) in [6.07, 6.45) is 0.201. The molecule has 160 valence electrons. The van der Waals surface area contributed by atoms with Crippen molar-refractivity contribution in [3.8, 4) is 0 Å². The zero-order valence-electron chi connectivity index (χ0n) is 17.4. The number of carbonyl (C=O) groups is 2. The van der Waals surface area contributed by atoms with Crippen molar-refractivity contribution >= 4 is 27.4 Å². The first-order valence-electron chi connectivity index (χ1n) is 9.98. The highest BCUT2D eigenvalue weighted by molar-refractivity contribution is 7.89. The second-order valence-electron chi connectivity index (χ2n) is 7.99. The molecule has 0 spiro atoms. The van der Waals surface area contributed by atoms with E-state index in [1.807, 2.05) is 36.4 Å². The summed E-state index contributed by atoms with van der Waals surface area (Å²) in [4.78, 5) is 26.4. The minimum absolute atomic E-state index is 0.0586. The number of hydrogen-bond donors (Lipinski definition) is 1. The third-order valence-corrected chi connectivity index (χ3v) is 8.01. The van der Waals surface area contributed by atoms with Gasteiger partial charge in [-0.05, 0) is 43.7 Å². The number of anilines is 1. The Bertz CT molecular complexity index is 1130. The lowest BCUT2D eigenvalue weighted by molar-refractivity contribution is -0.115. The lowest BCUT2D eigenvalue weighted by Gasteiger charge is -2.33. The number of piperazine rings is 1. The molecule has 1 saturated heterocycles. The normalized spacial score (nSPS) is 17.8. The Hall–Kier alpha value is -2.49. The van der Waals surface area contributed by atoms with Crippen LogP contribution >= 0.6 is 0 Å². The molecule has 8 nitrogen and oxygen atoms in total. The minimum Gasteiger partial charge on any atom is -0.351 e. The third kappa shape index (κ3) is 3.68. The third-order valence-electron chi connectivity index (χ3n) is 6.11. The number of nitrogens with one attached hydrogen (secondary N) is 1. The standard InChI is InChI=1S/C21H26N4O4S/c1-14-10-18(15(2)23(14)3)20(26)13-24-6-8-25(9-7-24)30(28,29)17-4-5-19-16(11-17)12-21(27)22-19/h4-5,10-11H,6-9,12-13H2,1-3H3,(H,22,27). The Labute approximate surface area is 176 Å². The van der Waals surface area contributed by atoms with Gasteiger partial charge in [0.25, 0.3) is 0 Å². The Morgan fingerprint density at radius 1 is 1.10 bits per heavy atom. The monoisotopic (exact) mass is 430 g/mol. The van der Waals surface area contributed by atoms with Gasteiger partial charge in [-0.1, -0.05) is 0 Å². The van der Waals surface area contributed by atoms with Crippen LogP contribution in [-0.2, 0) is 28.3 Å². The molecule has 0 radical (unpaired) electrons. The van der Waals surface area contributed by atoms with Crippen LogP contribution in [0.15, 0.2) is 29.2 Å². The molecule has 4 rings (SSSR count). The average Bonchev–Trinajstić information content (AvgIpc) is 3.21. The van der Waals surface area contributed by atoms with Crippen molar-refractivity contribution < 1.29 is 18.0 Å². The molecule has 0 saturated carbocycles. The molecular weight excluding hydrogens is 404 g/mol. The smallest absolute Gasteiger partial charge is 0.243 e. The average molecular weight is 431 g/mol. The van der Waals surface area contributed by atoms with Gasteiger partial charge in [0.05, 0.1) is 17.9 Å². The van der Waals surface area contributed by atoms with Gasteiger partial charge in [0.1, 0.15) is 0 Å². The molecule has 1 N–H and O–H groups in total. The van der Waals surface area contributed by atoms with Crippen LogP contribution in [0.5, 0.6) is 0 Å². The van der Waals surface area contributed by atoms with Crippen molar-refractivity contribution in [2.45, 2.75) is 25.2 Å². The minimum atomic E-state index is -3.63. The van der Waals surface area contributed by atoms with Crippen molar-refractivity contribution in [1.82, 2.24) is 13.8 Å². The highest BCUT2D eigenvalue weighted by atomic mass is 32.2. The maximum Gasteiger partial charge on any atom is 0.243 e. The SMILES string of the molecule is Cc1cc(C(=O)CN2CCN(S(=O)(=O)c3ccc4c(c3)CC(=O)N4)CC2)c(C)n1C. The molecule has 3 heterocycles. The number of nitrogens with zero attached hydrogens (tertiary/aromatic N) is 3. The summed E-state index contributed by atoms with van der Waals surface area (Å²) in [5.74, 6) is -0.0648. The Morgan fingerprint density at radius 2 is 1.80 bits per heavy atom. The van der Waals surface area contributed by atoms with E-state index in [9.17, 15) is 18.0 Å². The fourth-order valence-electron chi connectivity index (χ4n) is 4.07. The van der Waals surface area contributed by atoms with E-state index >= 15 is 0 Å². The second kappa shape index (κ2) is 7.64. The first-order chi connectivity index (χ1) is 14.2. The summed E-state index contributed by atoms with van der Waals surface area (Å²) < 4.78 is 29.5. The van der Waals surface area contributed by atoms with E-state index in [2.05, 4.69) is 5.32 Å². The molecule has 9 heteroatoms. The largest absolute Gasteiger partial charge is 0.351 e. The van der Waals surface area contributed by atoms with Crippen molar-refractivity contribution in [2.24, 2.45) is 7.05 Å². The maximum atomic E-state index is 13.0. The van der Waals surface area contributed by atoms with Gasteiger partial charge in [-0.3, -0.25) is 14.5 Å². The van der Waals surface area contributed by atoms with Gasteiger partial charge in [-0.25, -0.2) is 8.42 Å². The van der Waals surface area contributed by atoms with Gasteiger partial charge >= 0.3 is 0 Å². The number of aromatic nitrogens is 1. The van der Waals surface area contributed by atoms with E-state index < -0.39 is 10.0 Å². The highest BCUT2D eigenvalue weighted by Gasteiger charge is 2.31. The number of amides is 1. The molecule has 2 aliphatic rings. The van der Waals surface area contributed by atoms with E-state index in [-0.39, 0.29) is 29.6 Å². The van der Waals surface area contributed by atoms with E-state index in [4.69, 9.17) is 0 Å². The van der Waals surface area contributed by atoms with Crippen LogP contribution in [0.25, 0.3) is 0 Å². The lowest BCUT2D eigenvalue weighted by Crippen LogP contribution is -2.49. The number of ketones is 1. The molecule has 0 unspecified atom stereocenters. The van der Waals surface area contributed by atoms with Gasteiger partial charge in [-0.15, -0.1) is 0 Å². The lowest BCUT2D eigenvalue weighted by atomic mass is 10.1. The molecule has 1 fully saturated rings. The summed E-state index contributed by atoms with van der Waals surface area (Å²) in [5, 5.41) is 2.71. The molecule has 1 amide bonds. The van der Waals surface area contributed by atoms with Crippen molar-refractivity contribution in [1.29, 1.82) is 0 Å². The molecular formula is C21H26N4O4S. The fraction of sp³-hybridized carbons (Fsp3) is 0.429. The summed E-state index contributed by atoms with van der Waals surface area (Å²) in [6.45, 7) is 5.85. The van der Waals surface area contributed by atoms with Crippen LogP contribution in [-0.4, -0.2) is 66.6 Å². The number of carbonyl (C=O) groups excluding carboxylic acids is 2. The molecule has 1 aromatic carbocycles. The first-order valence-corrected chi connectivity index (χ1v) is 11.4. The number of sulfonamides is 1. The highest BCUT2D eigenvalue weighted by Crippen LogP contribution is 2.27. The Balaban J connectivity index is 1.40. The van der Waals surface area contributed by atoms with Crippen molar-refractivity contribution in [3.05, 3.63) is 46.8 Å². The van der Waals surface area contributed by atoms with E-state index in [1.165, 1.54) is 10.4 Å². The van der Waals surface area contributed by atoms with Crippen LogP contribution in [0.1, 0.15) is 27.3 Å². The van der Waals surface area contributed by atoms with Crippen LogP contribution in [0.4, 0.5) is 5.69 Å². The van der Waals surface area contributed by atoms with Crippen LogP contribution in [0, 0.1) is 13.8 Å². The van der Waals surface area contributed by atoms with Gasteiger partial charge in [-0.2, -0.15) is 4.31 Å². The molecule has 2 aliphatic heterocycles. The van der Waals surface area contributed by atoms with Gasteiger partial charge in [0.2, 0.25) is 15.9 Å². The number of hydrogen-bond acceptors (Lipinski definition) is 5. The Morgan fingerprint density at radius 3 is 2.43 bits per heavy atom. The van der Waals surface area contributed by atoms with Gasteiger partial charge < -0.3 is 9.88 Å². The zero-order chi connectivity index (χ0) is 21.6. The quantitative estimate of drug-likeness (QED) is 0.723. The summed E-state index contributed by atoms with van der Waals surface area (Å²) in [5.41, 5.74) is 4.10. The predicted octanol–water partition coefficient (Wildman–Crippen LogP) is 1.33. The number of Topliss-reactive ketones (excluding diaryl/α,β-unsaturated/α-hetero) is 1. The molecule has 2 aromatic rings. The fourth-order valence-corrected chi connectivity index (χ4v) is 5.54. The molecule has 0 aliphatic carbocycles. The Kier molecular flexibility index (Phi) is 5.29. The number of aryl methyl sites for hydroxylation is 1. The second-order valence-corrected chi connectivity index (χ2v) is 9.93. The number of benzene rings is 1. The summed E-state index contributed by atoms with van der Waals surface area (Å²) >= 11 is 0. The molecule has 30 heavy (non-hydrogen) atoms. The molecule has 0 atom stereocenters. The number of rotatable bonds is 5.